The third-order valence-electron chi connectivity index (χ3n) is 4.31. The predicted molar refractivity (Wildman–Crippen MR) is 109 cm³/mol. The average molecular weight is 427 g/mol. The number of rotatable bonds is 2. The number of nitrogens with zero attached hydrogens (tertiary/aromatic N) is 2. The van der Waals surface area contributed by atoms with Crippen LogP contribution in [-0.4, -0.2) is 47.9 Å². The minimum Gasteiger partial charge on any atom is -0.337 e. The van der Waals surface area contributed by atoms with Crippen LogP contribution < -0.4 is 5.32 Å². The fourth-order valence-electron chi connectivity index (χ4n) is 2.90. The van der Waals surface area contributed by atoms with E-state index in [1.54, 1.807) is 52.3 Å². The van der Waals surface area contributed by atoms with E-state index >= 15 is 0 Å². The summed E-state index contributed by atoms with van der Waals surface area (Å²) in [6.07, 6.45) is 0.691. The van der Waals surface area contributed by atoms with Crippen LogP contribution in [0.3, 0.4) is 0 Å². The third-order valence-corrected chi connectivity index (χ3v) is 5.29. The summed E-state index contributed by atoms with van der Waals surface area (Å²) < 4.78 is 0. The molecule has 5 nitrogen and oxygen atoms in total. The molecule has 0 atom stereocenters. The standard InChI is InChI=1S/C19H18Cl3N3O2/c20-14-3-1-4-15(12-14)23-19(27)25-8-2-7-24(9-10-25)18(26)13-5-6-16(21)17(22)11-13/h1,3-6,11-12H,2,7-10H2,(H,23,27). The first-order valence-electron chi connectivity index (χ1n) is 8.50. The molecule has 8 heteroatoms. The lowest BCUT2D eigenvalue weighted by molar-refractivity contribution is 0.0762. The second-order valence-electron chi connectivity index (χ2n) is 6.20. The Balaban J connectivity index is 1.62. The fourth-order valence-corrected chi connectivity index (χ4v) is 3.39. The number of urea groups is 1. The predicted octanol–water partition coefficient (Wildman–Crippen LogP) is 5.03. The molecule has 0 spiro atoms. The highest BCUT2D eigenvalue weighted by atomic mass is 35.5. The Labute approximate surface area is 172 Å². The van der Waals surface area contributed by atoms with Gasteiger partial charge in [0.2, 0.25) is 0 Å². The van der Waals surface area contributed by atoms with Crippen LogP contribution in [0.4, 0.5) is 10.5 Å². The number of anilines is 1. The monoisotopic (exact) mass is 425 g/mol. The summed E-state index contributed by atoms with van der Waals surface area (Å²) >= 11 is 17.9. The minimum atomic E-state index is -0.207. The van der Waals surface area contributed by atoms with Gasteiger partial charge in [0.25, 0.3) is 5.91 Å². The lowest BCUT2D eigenvalue weighted by atomic mass is 10.2. The maximum absolute atomic E-state index is 12.7. The first-order valence-corrected chi connectivity index (χ1v) is 9.63. The van der Waals surface area contributed by atoms with Crippen LogP contribution in [0.5, 0.6) is 0 Å². The summed E-state index contributed by atoms with van der Waals surface area (Å²) in [5.74, 6) is -0.120. The third kappa shape index (κ3) is 5.06. The summed E-state index contributed by atoms with van der Waals surface area (Å²) in [4.78, 5) is 28.6. The van der Waals surface area contributed by atoms with Crippen molar-refractivity contribution in [2.24, 2.45) is 0 Å². The molecule has 2 aromatic carbocycles. The zero-order valence-electron chi connectivity index (χ0n) is 14.4. The normalized spacial score (nSPS) is 14.6. The van der Waals surface area contributed by atoms with Crippen molar-refractivity contribution in [1.82, 2.24) is 9.80 Å². The zero-order valence-corrected chi connectivity index (χ0v) is 16.7. The van der Waals surface area contributed by atoms with Gasteiger partial charge in [-0.2, -0.15) is 0 Å². The molecular formula is C19H18Cl3N3O2. The lowest BCUT2D eigenvalue weighted by Gasteiger charge is -2.22. The van der Waals surface area contributed by atoms with E-state index in [1.165, 1.54) is 0 Å². The first-order chi connectivity index (χ1) is 12.9. The van der Waals surface area contributed by atoms with Crippen molar-refractivity contribution in [3.8, 4) is 0 Å². The number of carbonyl (C=O) groups is 2. The molecule has 0 unspecified atom stereocenters. The molecule has 142 valence electrons. The van der Waals surface area contributed by atoms with E-state index in [-0.39, 0.29) is 11.9 Å². The van der Waals surface area contributed by atoms with Crippen molar-refractivity contribution in [1.29, 1.82) is 0 Å². The van der Waals surface area contributed by atoms with Gasteiger partial charge in [-0.1, -0.05) is 40.9 Å². The maximum Gasteiger partial charge on any atom is 0.321 e. The van der Waals surface area contributed by atoms with Gasteiger partial charge in [-0.15, -0.1) is 0 Å². The number of hydrogen-bond acceptors (Lipinski definition) is 2. The van der Waals surface area contributed by atoms with Crippen LogP contribution in [0, 0.1) is 0 Å². The van der Waals surface area contributed by atoms with Gasteiger partial charge in [0, 0.05) is 42.5 Å². The molecule has 0 aliphatic carbocycles. The van der Waals surface area contributed by atoms with E-state index in [1.807, 2.05) is 0 Å². The number of hydrogen-bond donors (Lipinski definition) is 1. The molecule has 2 aromatic rings. The van der Waals surface area contributed by atoms with E-state index < -0.39 is 0 Å². The van der Waals surface area contributed by atoms with E-state index in [9.17, 15) is 9.59 Å². The van der Waals surface area contributed by atoms with Crippen molar-refractivity contribution < 1.29 is 9.59 Å². The van der Waals surface area contributed by atoms with Crippen LogP contribution >= 0.6 is 34.8 Å². The van der Waals surface area contributed by atoms with Gasteiger partial charge >= 0.3 is 6.03 Å². The second-order valence-corrected chi connectivity index (χ2v) is 7.45. The molecule has 27 heavy (non-hydrogen) atoms. The molecule has 3 amide bonds. The van der Waals surface area contributed by atoms with Crippen molar-refractivity contribution in [2.75, 3.05) is 31.5 Å². The van der Waals surface area contributed by atoms with Crippen LogP contribution in [0.15, 0.2) is 42.5 Å². The van der Waals surface area contributed by atoms with E-state index in [2.05, 4.69) is 5.32 Å². The van der Waals surface area contributed by atoms with Gasteiger partial charge in [0.05, 0.1) is 10.0 Å². The molecule has 0 radical (unpaired) electrons. The molecule has 1 fully saturated rings. The number of benzene rings is 2. The van der Waals surface area contributed by atoms with Crippen LogP contribution in [-0.2, 0) is 0 Å². The van der Waals surface area contributed by atoms with Gasteiger partial charge < -0.3 is 15.1 Å². The summed E-state index contributed by atoms with van der Waals surface area (Å²) in [5, 5.41) is 4.15. The Hall–Kier alpha value is -1.95. The van der Waals surface area contributed by atoms with E-state index in [4.69, 9.17) is 34.8 Å². The molecule has 1 heterocycles. The van der Waals surface area contributed by atoms with Gasteiger partial charge in [-0.25, -0.2) is 4.79 Å². The molecule has 0 saturated carbocycles. The average Bonchev–Trinajstić information content (AvgIpc) is 2.90. The number of carbonyl (C=O) groups excluding carboxylic acids is 2. The SMILES string of the molecule is O=C(Nc1cccc(Cl)c1)N1CCCN(C(=O)c2ccc(Cl)c(Cl)c2)CC1. The van der Waals surface area contributed by atoms with Gasteiger partial charge in [-0.3, -0.25) is 4.79 Å². The Bertz CT molecular complexity index is 860. The van der Waals surface area contributed by atoms with E-state index in [0.29, 0.717) is 58.9 Å². The molecule has 0 bridgehead atoms. The topological polar surface area (TPSA) is 52.7 Å². The van der Waals surface area contributed by atoms with Crippen molar-refractivity contribution in [3.63, 3.8) is 0 Å². The highest BCUT2D eigenvalue weighted by molar-refractivity contribution is 6.42. The van der Waals surface area contributed by atoms with Crippen molar-refractivity contribution in [3.05, 3.63) is 63.1 Å². The number of amides is 3. The summed E-state index contributed by atoms with van der Waals surface area (Å²) in [5.41, 5.74) is 1.13. The second kappa shape index (κ2) is 8.83. The largest absolute Gasteiger partial charge is 0.337 e. The van der Waals surface area contributed by atoms with Crippen LogP contribution in [0.2, 0.25) is 15.1 Å². The maximum atomic E-state index is 12.7. The van der Waals surface area contributed by atoms with Gasteiger partial charge in [-0.05, 0) is 42.8 Å². The van der Waals surface area contributed by atoms with Gasteiger partial charge in [0.1, 0.15) is 0 Å². The highest BCUT2D eigenvalue weighted by Crippen LogP contribution is 2.23. The lowest BCUT2D eigenvalue weighted by Crippen LogP contribution is -2.39. The Morgan fingerprint density at radius 1 is 0.852 bits per heavy atom. The highest BCUT2D eigenvalue weighted by Gasteiger charge is 2.23. The quantitative estimate of drug-likeness (QED) is 0.732. The Morgan fingerprint density at radius 3 is 2.33 bits per heavy atom. The first kappa shape index (κ1) is 19.8. The van der Waals surface area contributed by atoms with Crippen LogP contribution in [0.25, 0.3) is 0 Å². The molecule has 1 N–H and O–H groups in total. The van der Waals surface area contributed by atoms with E-state index in [0.717, 1.165) is 0 Å². The number of halogens is 3. The summed E-state index contributed by atoms with van der Waals surface area (Å²) in [6, 6.07) is 11.6. The van der Waals surface area contributed by atoms with Crippen LogP contribution in [0.1, 0.15) is 16.8 Å². The number of nitrogens with one attached hydrogen (secondary N) is 1. The zero-order chi connectivity index (χ0) is 19.4. The summed E-state index contributed by atoms with van der Waals surface area (Å²) in [7, 11) is 0. The molecule has 3 rings (SSSR count). The van der Waals surface area contributed by atoms with Gasteiger partial charge in [0.15, 0.2) is 0 Å². The molecule has 1 saturated heterocycles. The van der Waals surface area contributed by atoms with Crippen molar-refractivity contribution >= 4 is 52.4 Å². The summed E-state index contributed by atoms with van der Waals surface area (Å²) in [6.45, 7) is 2.03. The minimum absolute atomic E-state index is 0.120. The molecule has 0 aromatic heterocycles. The Morgan fingerprint density at radius 2 is 1.59 bits per heavy atom. The molecule has 1 aliphatic rings. The molecule has 1 aliphatic heterocycles. The fraction of sp³-hybridized carbons (Fsp3) is 0.263. The smallest absolute Gasteiger partial charge is 0.321 e. The van der Waals surface area contributed by atoms with Crippen molar-refractivity contribution in [2.45, 2.75) is 6.42 Å². The molecular weight excluding hydrogens is 409 g/mol. The Kier molecular flexibility index (Phi) is 6.47.